The molecule has 3 rings (SSSR count). The quantitative estimate of drug-likeness (QED) is 0.0240. The molecule has 1 aliphatic heterocycles. The van der Waals surface area contributed by atoms with Gasteiger partial charge < -0.3 is 39.0 Å². The van der Waals surface area contributed by atoms with Crippen molar-refractivity contribution in [2.75, 3.05) is 20.3 Å². The van der Waals surface area contributed by atoms with Gasteiger partial charge >= 0.3 is 5.97 Å². The molecule has 0 amide bonds. The number of methoxy groups -OCH3 is 1. The molecule has 282 valence electrons. The second-order valence-corrected chi connectivity index (χ2v) is 12.9. The highest BCUT2D eigenvalue weighted by molar-refractivity contribution is 5.89. The Morgan fingerprint density at radius 1 is 0.922 bits per heavy atom. The zero-order valence-corrected chi connectivity index (χ0v) is 30.1. The highest BCUT2D eigenvalue weighted by Crippen LogP contribution is 2.27. The largest absolute Gasteiger partial charge is 0.497 e. The Hall–Kier alpha value is -3.48. The number of rotatable bonds is 25. The lowest BCUT2D eigenvalue weighted by atomic mass is 9.99. The summed E-state index contributed by atoms with van der Waals surface area (Å²) in [6, 6.07) is 14.6. The second kappa shape index (κ2) is 24.7. The van der Waals surface area contributed by atoms with Crippen LogP contribution in [-0.2, 0) is 25.6 Å². The minimum Gasteiger partial charge on any atom is -0.497 e. The molecule has 2 aromatic rings. The Kier molecular flexibility index (Phi) is 20.3. The Labute approximate surface area is 302 Å². The SMILES string of the molecule is CCCCCCCCCCCCCC=C[C@@H](OC(=O)c1ccccc1)[C@H](CO[C@H]1O[C@H](CO)[C@H](O)[C@H](O)[C@H]1OCc1ccc(OC)cc1)N=[N+]=[N-]. The first-order valence-electron chi connectivity index (χ1n) is 18.4. The number of carbonyl (C=O) groups is 1. The lowest BCUT2D eigenvalue weighted by molar-refractivity contribution is -0.312. The number of hydrogen-bond acceptors (Lipinski definition) is 10. The normalized spacial score (nSPS) is 21.5. The molecule has 0 unspecified atom stereocenters. The van der Waals surface area contributed by atoms with Crippen LogP contribution in [0.15, 0.2) is 71.9 Å². The second-order valence-electron chi connectivity index (χ2n) is 12.9. The van der Waals surface area contributed by atoms with Crippen molar-refractivity contribution in [3.63, 3.8) is 0 Å². The first kappa shape index (κ1) is 41.9. The summed E-state index contributed by atoms with van der Waals surface area (Å²) < 4.78 is 28.9. The van der Waals surface area contributed by atoms with E-state index in [1.165, 1.54) is 57.8 Å². The maximum atomic E-state index is 13.1. The van der Waals surface area contributed by atoms with Gasteiger partial charge in [-0.2, -0.15) is 0 Å². The standard InChI is InChI=1S/C39H57N3O9/c1-3-4-5-6-7-8-9-10-11-12-13-14-18-21-33(50-38(46)30-19-16-15-17-20-30)32(41-42-40)28-49-39-37(36(45)35(44)34(26-43)51-39)48-27-29-22-24-31(47-2)25-23-29/h15-25,32-37,39,43-45H,3-14,26-28H2,1-2H3/t32-,33+,34+,35-,36-,37+,39-/m0/s1. The Balaban J connectivity index is 1.64. The van der Waals surface area contributed by atoms with Crippen molar-refractivity contribution in [2.45, 2.75) is 133 Å². The minimum absolute atomic E-state index is 0.0460. The summed E-state index contributed by atoms with van der Waals surface area (Å²) in [5.41, 5.74) is 10.6. The van der Waals surface area contributed by atoms with Crippen molar-refractivity contribution in [2.24, 2.45) is 5.11 Å². The molecule has 1 aliphatic rings. The zero-order chi connectivity index (χ0) is 36.7. The smallest absolute Gasteiger partial charge is 0.338 e. The number of nitrogens with zero attached hydrogens (tertiary/aromatic N) is 3. The van der Waals surface area contributed by atoms with Crippen molar-refractivity contribution < 1.29 is 43.8 Å². The summed E-state index contributed by atoms with van der Waals surface area (Å²) in [5, 5.41) is 35.2. The maximum absolute atomic E-state index is 13.1. The number of hydrogen-bond donors (Lipinski definition) is 3. The van der Waals surface area contributed by atoms with E-state index in [1.54, 1.807) is 67.8 Å². The van der Waals surface area contributed by atoms with E-state index in [2.05, 4.69) is 16.9 Å². The van der Waals surface area contributed by atoms with Crippen molar-refractivity contribution in [1.82, 2.24) is 0 Å². The molecular weight excluding hydrogens is 654 g/mol. The summed E-state index contributed by atoms with van der Waals surface area (Å²) in [6.45, 7) is 1.42. The van der Waals surface area contributed by atoms with Crippen LogP contribution in [0.5, 0.6) is 5.75 Å². The molecule has 1 saturated heterocycles. The Bertz CT molecular complexity index is 1310. The fraction of sp³-hybridized carbons (Fsp3) is 0.615. The van der Waals surface area contributed by atoms with Gasteiger partial charge in [0.25, 0.3) is 0 Å². The van der Waals surface area contributed by atoms with Crippen molar-refractivity contribution in [3.05, 3.63) is 88.3 Å². The molecule has 0 spiro atoms. The number of ether oxygens (including phenoxy) is 5. The number of azide groups is 1. The zero-order valence-electron chi connectivity index (χ0n) is 30.1. The Morgan fingerprint density at radius 3 is 2.18 bits per heavy atom. The van der Waals surface area contributed by atoms with Crippen LogP contribution >= 0.6 is 0 Å². The number of carbonyl (C=O) groups excluding carboxylic acids is 1. The van der Waals surface area contributed by atoms with E-state index in [9.17, 15) is 25.6 Å². The van der Waals surface area contributed by atoms with Gasteiger partial charge in [-0.25, -0.2) is 4.79 Å². The minimum atomic E-state index is -1.46. The Morgan fingerprint density at radius 2 is 1.57 bits per heavy atom. The average Bonchev–Trinajstić information content (AvgIpc) is 3.16. The van der Waals surface area contributed by atoms with Crippen LogP contribution in [0, 0.1) is 0 Å². The summed E-state index contributed by atoms with van der Waals surface area (Å²) in [7, 11) is 1.56. The van der Waals surface area contributed by atoms with E-state index in [4.69, 9.17) is 23.7 Å². The molecule has 1 heterocycles. The van der Waals surface area contributed by atoms with Crippen LogP contribution in [0.25, 0.3) is 10.4 Å². The van der Waals surface area contributed by atoms with Crippen LogP contribution in [0.1, 0.15) is 99.9 Å². The van der Waals surface area contributed by atoms with Gasteiger partial charge in [0.05, 0.1) is 32.5 Å². The molecule has 1 fully saturated rings. The lowest BCUT2D eigenvalue weighted by Gasteiger charge is -2.42. The van der Waals surface area contributed by atoms with E-state index >= 15 is 0 Å². The van der Waals surface area contributed by atoms with Crippen LogP contribution in [0.2, 0.25) is 0 Å². The van der Waals surface area contributed by atoms with Crippen LogP contribution in [-0.4, -0.2) is 84.5 Å². The molecule has 0 bridgehead atoms. The monoisotopic (exact) mass is 711 g/mol. The molecule has 7 atom stereocenters. The number of aliphatic hydroxyl groups excluding tert-OH is 3. The van der Waals surface area contributed by atoms with Gasteiger partial charge in [-0.3, -0.25) is 0 Å². The molecule has 0 aliphatic carbocycles. The molecular formula is C39H57N3O9. The molecule has 51 heavy (non-hydrogen) atoms. The van der Waals surface area contributed by atoms with Gasteiger partial charge in [0, 0.05) is 4.91 Å². The number of allylic oxidation sites excluding steroid dienone is 1. The van der Waals surface area contributed by atoms with Gasteiger partial charge in [0.1, 0.15) is 42.3 Å². The van der Waals surface area contributed by atoms with Crippen LogP contribution in [0.3, 0.4) is 0 Å². The topological polar surface area (TPSA) is 173 Å². The molecule has 0 aromatic heterocycles. The number of unbranched alkanes of at least 4 members (excludes halogenated alkanes) is 11. The number of benzene rings is 2. The van der Waals surface area contributed by atoms with Gasteiger partial charge in [0.15, 0.2) is 6.29 Å². The van der Waals surface area contributed by atoms with Gasteiger partial charge in [0.2, 0.25) is 0 Å². The van der Waals surface area contributed by atoms with E-state index in [1.807, 2.05) is 6.08 Å². The van der Waals surface area contributed by atoms with E-state index in [0.29, 0.717) is 11.3 Å². The summed E-state index contributed by atoms with van der Waals surface area (Å²) in [6.07, 6.45) is 10.5. The third-order valence-electron chi connectivity index (χ3n) is 8.99. The predicted octanol–water partition coefficient (Wildman–Crippen LogP) is 7.20. The third-order valence-corrected chi connectivity index (χ3v) is 8.99. The van der Waals surface area contributed by atoms with Gasteiger partial charge in [-0.15, -0.1) is 0 Å². The molecule has 2 aromatic carbocycles. The van der Waals surface area contributed by atoms with Crippen LogP contribution < -0.4 is 4.74 Å². The summed E-state index contributed by atoms with van der Waals surface area (Å²) >= 11 is 0. The lowest BCUT2D eigenvalue weighted by Crippen LogP contribution is -2.60. The summed E-state index contributed by atoms with van der Waals surface area (Å²) in [4.78, 5) is 16.1. The first-order chi connectivity index (χ1) is 24.9. The van der Waals surface area contributed by atoms with E-state index in [-0.39, 0.29) is 13.2 Å². The highest BCUT2D eigenvalue weighted by atomic mass is 16.7. The fourth-order valence-electron chi connectivity index (χ4n) is 5.90. The van der Waals surface area contributed by atoms with E-state index in [0.717, 1.165) is 24.8 Å². The predicted molar refractivity (Wildman–Crippen MR) is 194 cm³/mol. The first-order valence-corrected chi connectivity index (χ1v) is 18.4. The van der Waals surface area contributed by atoms with Crippen molar-refractivity contribution in [1.29, 1.82) is 0 Å². The molecule has 0 radical (unpaired) electrons. The third kappa shape index (κ3) is 15.0. The molecule has 0 saturated carbocycles. The average molecular weight is 712 g/mol. The molecule has 3 N–H and O–H groups in total. The van der Waals surface area contributed by atoms with Gasteiger partial charge in [-0.1, -0.05) is 113 Å². The van der Waals surface area contributed by atoms with Crippen LogP contribution in [0.4, 0.5) is 0 Å². The summed E-state index contributed by atoms with van der Waals surface area (Å²) in [5.74, 6) is 0.0771. The fourth-order valence-corrected chi connectivity index (χ4v) is 5.90. The highest BCUT2D eigenvalue weighted by Gasteiger charge is 2.46. The number of esters is 1. The van der Waals surface area contributed by atoms with Gasteiger partial charge in [-0.05, 0) is 54.3 Å². The molecule has 12 nitrogen and oxygen atoms in total. The number of aliphatic hydroxyl groups is 3. The van der Waals surface area contributed by atoms with Crippen molar-refractivity contribution in [3.8, 4) is 5.75 Å². The van der Waals surface area contributed by atoms with E-state index < -0.39 is 55.4 Å². The van der Waals surface area contributed by atoms with Crippen molar-refractivity contribution >= 4 is 5.97 Å². The molecule has 12 heteroatoms. The maximum Gasteiger partial charge on any atom is 0.338 e.